The van der Waals surface area contributed by atoms with Gasteiger partial charge in [0, 0.05) is 35.0 Å². The summed E-state index contributed by atoms with van der Waals surface area (Å²) in [7, 11) is 8.24. The van der Waals surface area contributed by atoms with Gasteiger partial charge in [-0.05, 0) is 30.0 Å². The Hall–Kier alpha value is -2.87. The number of nitrogens with zero attached hydrogens (tertiary/aromatic N) is 2. The summed E-state index contributed by atoms with van der Waals surface area (Å²) in [4.78, 5) is 26.8. The maximum atomic E-state index is 15.3. The summed E-state index contributed by atoms with van der Waals surface area (Å²) < 4.78 is 31.3. The minimum absolute atomic E-state index is 0.0351. The molecule has 178 valence electrons. The van der Waals surface area contributed by atoms with Crippen LogP contribution in [0.5, 0.6) is 5.75 Å². The zero-order chi connectivity index (χ0) is 25.7. The second-order valence-corrected chi connectivity index (χ2v) is 11.3. The van der Waals surface area contributed by atoms with E-state index in [1.165, 1.54) is 24.0 Å². The Labute approximate surface area is 214 Å². The fourth-order valence-electron chi connectivity index (χ4n) is 5.85. The molecule has 6 rings (SSSR count). The maximum absolute atomic E-state index is 15.3. The third kappa shape index (κ3) is 3.06. The van der Waals surface area contributed by atoms with Gasteiger partial charge >= 0.3 is 0 Å². The lowest BCUT2D eigenvalue weighted by molar-refractivity contribution is 0.0856. The van der Waals surface area contributed by atoms with Crippen LogP contribution in [-0.2, 0) is 5.75 Å². The van der Waals surface area contributed by atoms with E-state index in [1.54, 1.807) is 10.7 Å². The third-order valence-corrected chi connectivity index (χ3v) is 9.73. The van der Waals surface area contributed by atoms with E-state index >= 15 is 4.39 Å². The number of pyridine rings is 1. The average Bonchev–Trinajstić information content (AvgIpc) is 3.65. The van der Waals surface area contributed by atoms with Crippen LogP contribution in [0, 0.1) is 17.0 Å². The van der Waals surface area contributed by atoms with Crippen molar-refractivity contribution in [2.45, 2.75) is 29.5 Å². The number of rotatable bonds is 1. The molecule has 1 spiro atoms. The van der Waals surface area contributed by atoms with Gasteiger partial charge in [-0.25, -0.2) is 8.78 Å². The zero-order valence-corrected chi connectivity index (χ0v) is 21.4. The lowest BCUT2D eigenvalue weighted by Gasteiger charge is -2.44. The van der Waals surface area contributed by atoms with E-state index in [-0.39, 0.29) is 17.2 Å². The molecule has 3 heterocycles. The molecule has 1 saturated carbocycles. The molecule has 0 amide bonds. The van der Waals surface area contributed by atoms with Crippen LogP contribution in [-0.4, -0.2) is 53.5 Å². The van der Waals surface area contributed by atoms with Gasteiger partial charge in [0.05, 0.1) is 11.5 Å². The van der Waals surface area contributed by atoms with Crippen LogP contribution in [0.3, 0.4) is 0 Å². The predicted molar refractivity (Wildman–Crippen MR) is 148 cm³/mol. The van der Waals surface area contributed by atoms with Crippen molar-refractivity contribution >= 4 is 70.8 Å². The number of carbonyl (C=O) groups is 1. The van der Waals surface area contributed by atoms with Crippen LogP contribution in [0.15, 0.2) is 34.1 Å². The molecule has 0 bridgehead atoms. The summed E-state index contributed by atoms with van der Waals surface area (Å²) >= 11 is 1.50. The predicted octanol–water partition coefficient (Wildman–Crippen LogP) is -2.82. The normalized spacial score (nSPS) is 19.4. The smallest absolute Gasteiger partial charge is 0.224 e. The minimum atomic E-state index is -0.894. The number of hydrogen-bond donors (Lipinski definition) is 1. The number of aromatic nitrogens is 1. The van der Waals surface area contributed by atoms with Crippen LogP contribution in [0.2, 0.25) is 0 Å². The number of aromatic hydroxyl groups is 1. The summed E-state index contributed by atoms with van der Waals surface area (Å²) in [5.74, 6) is -2.30. The molecule has 12 heteroatoms. The number of carbonyl (C=O) groups excluding carboxylic acids is 1. The van der Waals surface area contributed by atoms with Crippen molar-refractivity contribution in [3.8, 4) is 5.75 Å². The first kappa shape index (κ1) is 23.5. The van der Waals surface area contributed by atoms with E-state index in [4.69, 9.17) is 0 Å². The summed E-state index contributed by atoms with van der Waals surface area (Å²) in [6, 6.07) is 3.48. The van der Waals surface area contributed by atoms with Crippen molar-refractivity contribution in [2.75, 3.05) is 11.6 Å². The summed E-state index contributed by atoms with van der Waals surface area (Å²) in [5.41, 5.74) is 4.98. The Morgan fingerprint density at radius 2 is 1.69 bits per heavy atom. The molecule has 5 nitrogen and oxygen atoms in total. The molecular formula is C24H22B4F2N2O3S. The monoisotopic (exact) mass is 500 g/mol. The van der Waals surface area contributed by atoms with Crippen LogP contribution in [0.4, 0.5) is 8.78 Å². The van der Waals surface area contributed by atoms with E-state index in [1.807, 2.05) is 12.9 Å². The largest absolute Gasteiger partial charge is 0.503 e. The fourth-order valence-corrected chi connectivity index (χ4v) is 7.22. The van der Waals surface area contributed by atoms with Gasteiger partial charge in [0.25, 0.3) is 0 Å². The molecule has 1 atom stereocenters. The Morgan fingerprint density at radius 1 is 1.00 bits per heavy atom. The second kappa shape index (κ2) is 7.81. The first-order valence-corrected chi connectivity index (χ1v) is 13.0. The van der Waals surface area contributed by atoms with Gasteiger partial charge < -0.3 is 5.11 Å². The van der Waals surface area contributed by atoms with Crippen molar-refractivity contribution in [3.63, 3.8) is 0 Å². The number of hydrogen-bond acceptors (Lipinski definition) is 5. The fraction of sp³-hybridized carbons (Fsp3) is 0.250. The minimum Gasteiger partial charge on any atom is -0.503 e. The molecule has 2 aliphatic heterocycles. The van der Waals surface area contributed by atoms with Crippen LogP contribution in [0.1, 0.15) is 46.1 Å². The Morgan fingerprint density at radius 3 is 2.39 bits per heavy atom. The van der Waals surface area contributed by atoms with Gasteiger partial charge in [-0.1, -0.05) is 17.0 Å². The maximum Gasteiger partial charge on any atom is 0.224 e. The molecule has 36 heavy (non-hydrogen) atoms. The van der Waals surface area contributed by atoms with Gasteiger partial charge in [-0.2, -0.15) is 0 Å². The summed E-state index contributed by atoms with van der Waals surface area (Å²) in [6.45, 7) is 0.347. The zero-order valence-electron chi connectivity index (χ0n) is 20.5. The molecule has 1 N–H and O–H groups in total. The summed E-state index contributed by atoms with van der Waals surface area (Å²) in [5, 5.41) is 12.7. The van der Waals surface area contributed by atoms with Crippen molar-refractivity contribution in [3.05, 3.63) is 68.6 Å². The van der Waals surface area contributed by atoms with Gasteiger partial charge in [0.1, 0.15) is 31.4 Å². The SMILES string of the molecule is Bc1c(B)c(B)c2c(c1B)SCc1c(ccc(F)c1F)[C@@H]2N1CC2(CC2)C(=O)c2c(O)c(=O)ccn21. The molecule has 2 aromatic carbocycles. The standard InChI is InChI=1S/C24H22B4F2N2O3S/c25-14-13-19(32-8-24(4-5-24)23(35)20-21(34)12(33)3-6-31(20)32)9-1-2-11(29)18(30)10(9)7-36-22(13)17(28)16(27)15(14)26/h1-3,6,19,34H,4-5,7-8,25-28H2/t19-/m0/s1. The van der Waals surface area contributed by atoms with Crippen molar-refractivity contribution in [2.24, 2.45) is 5.41 Å². The Kier molecular flexibility index (Phi) is 5.10. The van der Waals surface area contributed by atoms with Gasteiger partial charge in [-0.3, -0.25) is 19.3 Å². The topological polar surface area (TPSA) is 62.5 Å². The molecule has 1 aliphatic carbocycles. The molecular weight excluding hydrogens is 478 g/mol. The van der Waals surface area contributed by atoms with E-state index in [0.717, 1.165) is 38.4 Å². The van der Waals surface area contributed by atoms with Crippen LogP contribution < -0.4 is 32.3 Å². The Bertz CT molecular complexity index is 1570. The molecule has 1 fully saturated rings. The molecule has 0 radical (unpaired) electrons. The summed E-state index contributed by atoms with van der Waals surface area (Å²) in [6.07, 6.45) is 2.80. The molecule has 0 unspecified atom stereocenters. The van der Waals surface area contributed by atoms with Crippen molar-refractivity contribution in [1.29, 1.82) is 0 Å². The number of benzene rings is 2. The highest BCUT2D eigenvalue weighted by Crippen LogP contribution is 2.53. The highest BCUT2D eigenvalue weighted by molar-refractivity contribution is 7.98. The van der Waals surface area contributed by atoms with Crippen molar-refractivity contribution in [1.82, 2.24) is 4.68 Å². The lowest BCUT2D eigenvalue weighted by Crippen LogP contribution is -2.55. The highest BCUT2D eigenvalue weighted by atomic mass is 32.2. The quantitative estimate of drug-likeness (QED) is 0.366. The van der Waals surface area contributed by atoms with E-state index in [0.29, 0.717) is 30.5 Å². The van der Waals surface area contributed by atoms with Gasteiger partial charge in [-0.15, -0.1) is 22.7 Å². The van der Waals surface area contributed by atoms with E-state index in [9.17, 15) is 19.1 Å². The Balaban J connectivity index is 1.72. The van der Waals surface area contributed by atoms with Crippen molar-refractivity contribution < 1.29 is 18.7 Å². The first-order chi connectivity index (χ1) is 17.1. The molecule has 0 saturated heterocycles. The number of thioether (sulfide) groups is 1. The van der Waals surface area contributed by atoms with E-state index in [2.05, 4.69) is 23.5 Å². The highest BCUT2D eigenvalue weighted by Gasteiger charge is 2.57. The number of Topliss-reactive ketones (excluding diaryl/α,β-unsaturated/α-hetero) is 1. The number of halogens is 2. The van der Waals surface area contributed by atoms with E-state index < -0.39 is 34.3 Å². The second-order valence-electron chi connectivity index (χ2n) is 10.3. The first-order valence-electron chi connectivity index (χ1n) is 12.0. The number of fused-ring (bicyclic) bond motifs is 3. The molecule has 3 aliphatic rings. The number of ketones is 1. The van der Waals surface area contributed by atoms with Gasteiger partial charge in [0.15, 0.2) is 28.9 Å². The lowest BCUT2D eigenvalue weighted by atomic mass is 9.64. The molecule has 3 aromatic rings. The third-order valence-electron chi connectivity index (χ3n) is 8.48. The van der Waals surface area contributed by atoms with Crippen LogP contribution >= 0.6 is 11.8 Å². The van der Waals surface area contributed by atoms with Crippen LogP contribution in [0.25, 0.3) is 0 Å². The average molecular weight is 500 g/mol. The molecule has 1 aromatic heterocycles. The van der Waals surface area contributed by atoms with Gasteiger partial charge in [0.2, 0.25) is 5.43 Å².